The molecule has 3 rings (SSSR count). The third kappa shape index (κ3) is 2.74. The van der Waals surface area contributed by atoms with Gasteiger partial charge in [0.05, 0.1) is 12.5 Å². The summed E-state index contributed by atoms with van der Waals surface area (Å²) in [6.07, 6.45) is 8.31. The van der Waals surface area contributed by atoms with Gasteiger partial charge in [0.15, 0.2) is 5.78 Å². The van der Waals surface area contributed by atoms with Crippen LogP contribution in [0.2, 0.25) is 0 Å². The molecule has 2 aliphatic heterocycles. The van der Waals surface area contributed by atoms with E-state index in [1.807, 2.05) is 5.01 Å². The number of halogens is 1. The van der Waals surface area contributed by atoms with Crippen LogP contribution in [0.25, 0.3) is 0 Å². The molecular formula is C17H23FN2O2. The summed E-state index contributed by atoms with van der Waals surface area (Å²) in [6, 6.07) is -0.200. The lowest BCUT2D eigenvalue weighted by atomic mass is 9.84. The first-order valence-corrected chi connectivity index (χ1v) is 8.05. The fraction of sp³-hybridized carbons (Fsp3) is 0.647. The maximum Gasteiger partial charge on any atom is 0.244 e. The number of hydrazine groups is 1. The minimum absolute atomic E-state index is 0.0218. The van der Waals surface area contributed by atoms with Crippen LogP contribution in [0, 0.1) is 5.92 Å². The SMILES string of the molecule is CC1(C)CCC[C@H]2C(=O)CC(=O)N(CC3C=C(F)C=CC3)N21. The first-order valence-electron chi connectivity index (χ1n) is 8.05. The van der Waals surface area contributed by atoms with Crippen molar-refractivity contribution in [2.24, 2.45) is 5.92 Å². The second kappa shape index (κ2) is 5.61. The lowest BCUT2D eigenvalue weighted by molar-refractivity contribution is -0.193. The van der Waals surface area contributed by atoms with Crippen molar-refractivity contribution >= 4 is 11.7 Å². The van der Waals surface area contributed by atoms with Crippen molar-refractivity contribution in [3.63, 3.8) is 0 Å². The van der Waals surface area contributed by atoms with Gasteiger partial charge in [-0.1, -0.05) is 6.08 Å². The highest BCUT2D eigenvalue weighted by molar-refractivity contribution is 6.02. The summed E-state index contributed by atoms with van der Waals surface area (Å²) in [5.74, 6) is -0.398. The summed E-state index contributed by atoms with van der Waals surface area (Å²) in [7, 11) is 0. The molecule has 3 aliphatic rings. The van der Waals surface area contributed by atoms with Gasteiger partial charge < -0.3 is 0 Å². The molecule has 0 spiro atoms. The number of Topliss-reactive ketones (excluding diaryl/α,β-unsaturated/α-hetero) is 1. The highest BCUT2D eigenvalue weighted by Crippen LogP contribution is 2.37. The molecule has 0 aromatic carbocycles. The quantitative estimate of drug-likeness (QED) is 0.737. The molecule has 4 nitrogen and oxygen atoms in total. The number of fused-ring (bicyclic) bond motifs is 1. The summed E-state index contributed by atoms with van der Waals surface area (Å²) in [6.45, 7) is 4.61. The fourth-order valence-corrected chi connectivity index (χ4v) is 3.90. The van der Waals surface area contributed by atoms with E-state index in [-0.39, 0.29) is 41.4 Å². The molecule has 1 unspecified atom stereocenters. The second-order valence-corrected chi connectivity index (χ2v) is 7.13. The van der Waals surface area contributed by atoms with Gasteiger partial charge in [-0.2, -0.15) is 0 Å². The van der Waals surface area contributed by atoms with E-state index in [9.17, 15) is 14.0 Å². The summed E-state index contributed by atoms with van der Waals surface area (Å²) in [5, 5.41) is 3.70. The van der Waals surface area contributed by atoms with E-state index < -0.39 is 0 Å². The molecule has 2 atom stereocenters. The number of hydrogen-bond acceptors (Lipinski definition) is 3. The number of allylic oxidation sites excluding steroid dienone is 3. The van der Waals surface area contributed by atoms with Crippen molar-refractivity contribution < 1.29 is 14.0 Å². The van der Waals surface area contributed by atoms with E-state index in [0.29, 0.717) is 6.54 Å². The first kappa shape index (κ1) is 15.4. The molecule has 0 saturated carbocycles. The Hall–Kier alpha value is -1.49. The Kier molecular flexibility index (Phi) is 3.93. The number of rotatable bonds is 2. The minimum atomic E-state index is -0.244. The molecular weight excluding hydrogens is 283 g/mol. The number of ketones is 1. The molecule has 0 N–H and O–H groups in total. The zero-order valence-corrected chi connectivity index (χ0v) is 13.2. The van der Waals surface area contributed by atoms with E-state index in [1.54, 1.807) is 17.2 Å². The van der Waals surface area contributed by atoms with Crippen LogP contribution in [0.3, 0.4) is 0 Å². The van der Waals surface area contributed by atoms with Gasteiger partial charge in [-0.05, 0) is 51.7 Å². The Morgan fingerprint density at radius 3 is 2.86 bits per heavy atom. The van der Waals surface area contributed by atoms with Gasteiger partial charge in [0.25, 0.3) is 0 Å². The topological polar surface area (TPSA) is 40.6 Å². The van der Waals surface area contributed by atoms with Gasteiger partial charge in [-0.25, -0.2) is 9.40 Å². The lowest BCUT2D eigenvalue weighted by Gasteiger charge is -2.54. The monoisotopic (exact) mass is 306 g/mol. The molecule has 2 fully saturated rings. The molecule has 0 aromatic heterocycles. The zero-order valence-electron chi connectivity index (χ0n) is 13.2. The molecule has 0 bridgehead atoms. The number of nitrogens with zero attached hydrogens (tertiary/aromatic N) is 2. The van der Waals surface area contributed by atoms with Gasteiger partial charge in [0.2, 0.25) is 5.91 Å². The second-order valence-electron chi connectivity index (χ2n) is 7.13. The fourth-order valence-electron chi connectivity index (χ4n) is 3.90. The van der Waals surface area contributed by atoms with Crippen molar-refractivity contribution in [2.45, 2.75) is 57.5 Å². The largest absolute Gasteiger partial charge is 0.297 e. The molecule has 0 radical (unpaired) electrons. The number of carbonyl (C=O) groups excluding carboxylic acids is 2. The van der Waals surface area contributed by atoms with Crippen LogP contribution in [0.15, 0.2) is 24.1 Å². The van der Waals surface area contributed by atoms with Crippen LogP contribution in [-0.2, 0) is 9.59 Å². The summed E-state index contributed by atoms with van der Waals surface area (Å²) < 4.78 is 13.4. The number of piperidine rings is 1. The Bertz CT molecular complexity index is 553. The first-order chi connectivity index (χ1) is 10.4. The van der Waals surface area contributed by atoms with Crippen molar-refractivity contribution in [1.29, 1.82) is 0 Å². The van der Waals surface area contributed by atoms with Crippen molar-refractivity contribution in [1.82, 2.24) is 10.0 Å². The maximum atomic E-state index is 13.4. The minimum Gasteiger partial charge on any atom is -0.297 e. The molecule has 2 saturated heterocycles. The van der Waals surface area contributed by atoms with Crippen LogP contribution in [0.1, 0.15) is 46.0 Å². The maximum absolute atomic E-state index is 13.4. The van der Waals surface area contributed by atoms with E-state index >= 15 is 0 Å². The van der Waals surface area contributed by atoms with Gasteiger partial charge in [0, 0.05) is 18.0 Å². The molecule has 5 heteroatoms. The van der Waals surface area contributed by atoms with Gasteiger partial charge in [-0.3, -0.25) is 14.6 Å². The molecule has 1 amide bonds. The Morgan fingerprint density at radius 1 is 1.36 bits per heavy atom. The molecule has 2 heterocycles. The summed E-state index contributed by atoms with van der Waals surface area (Å²) in [5.41, 5.74) is -0.221. The standard InChI is InChI=1S/C17H23FN2O2/c1-17(2)8-4-7-14-15(21)10-16(22)19(20(14)17)11-12-5-3-6-13(18)9-12/h3,6,9,12,14H,4-5,7-8,10-11H2,1-2H3/t12?,14-/m0/s1. The van der Waals surface area contributed by atoms with Crippen LogP contribution >= 0.6 is 0 Å². The van der Waals surface area contributed by atoms with E-state index in [2.05, 4.69) is 13.8 Å². The highest BCUT2D eigenvalue weighted by atomic mass is 19.1. The van der Waals surface area contributed by atoms with Crippen LogP contribution < -0.4 is 0 Å². The third-order valence-electron chi connectivity index (χ3n) is 4.94. The average Bonchev–Trinajstić information content (AvgIpc) is 2.43. The lowest BCUT2D eigenvalue weighted by Crippen LogP contribution is -2.68. The predicted molar refractivity (Wildman–Crippen MR) is 81.3 cm³/mol. The summed E-state index contributed by atoms with van der Waals surface area (Å²) in [4.78, 5) is 24.7. The predicted octanol–water partition coefficient (Wildman–Crippen LogP) is 2.77. The van der Waals surface area contributed by atoms with Crippen molar-refractivity contribution in [3.8, 4) is 0 Å². The van der Waals surface area contributed by atoms with E-state index in [1.165, 1.54) is 6.08 Å². The zero-order chi connectivity index (χ0) is 15.9. The molecule has 1 aliphatic carbocycles. The third-order valence-corrected chi connectivity index (χ3v) is 4.94. The van der Waals surface area contributed by atoms with E-state index in [0.717, 1.165) is 25.7 Å². The molecule has 0 aromatic rings. The number of hydrogen-bond donors (Lipinski definition) is 0. The number of amides is 1. The van der Waals surface area contributed by atoms with Gasteiger partial charge >= 0.3 is 0 Å². The smallest absolute Gasteiger partial charge is 0.244 e. The van der Waals surface area contributed by atoms with E-state index in [4.69, 9.17) is 0 Å². The van der Waals surface area contributed by atoms with Crippen LogP contribution in [0.4, 0.5) is 4.39 Å². The Labute approximate surface area is 130 Å². The Morgan fingerprint density at radius 2 is 2.14 bits per heavy atom. The average molecular weight is 306 g/mol. The van der Waals surface area contributed by atoms with Crippen molar-refractivity contribution in [2.75, 3.05) is 6.54 Å². The Balaban J connectivity index is 1.85. The molecule has 22 heavy (non-hydrogen) atoms. The number of carbonyl (C=O) groups is 2. The van der Waals surface area contributed by atoms with Crippen molar-refractivity contribution in [3.05, 3.63) is 24.1 Å². The van der Waals surface area contributed by atoms with Gasteiger partial charge in [-0.15, -0.1) is 0 Å². The van der Waals surface area contributed by atoms with Crippen LogP contribution in [0.5, 0.6) is 0 Å². The van der Waals surface area contributed by atoms with Gasteiger partial charge in [0.1, 0.15) is 5.83 Å². The highest BCUT2D eigenvalue weighted by Gasteiger charge is 2.48. The van der Waals surface area contributed by atoms with Crippen LogP contribution in [-0.4, -0.2) is 39.8 Å². The summed E-state index contributed by atoms with van der Waals surface area (Å²) >= 11 is 0. The normalized spacial score (nSPS) is 32.0. The molecule has 120 valence electrons.